The van der Waals surface area contributed by atoms with E-state index < -0.39 is 17.6 Å². The lowest BCUT2D eigenvalue weighted by atomic mass is 9.97. The van der Waals surface area contributed by atoms with Crippen LogP contribution >= 0.6 is 0 Å². The Kier molecular flexibility index (Phi) is 3.10. The number of rotatable bonds is 2. The van der Waals surface area contributed by atoms with E-state index in [1.165, 1.54) is 31.2 Å². The second-order valence-corrected chi connectivity index (χ2v) is 3.90. The van der Waals surface area contributed by atoms with E-state index >= 15 is 0 Å². The third kappa shape index (κ3) is 1.97. The van der Waals surface area contributed by atoms with Crippen LogP contribution in [-0.4, -0.2) is 11.1 Å². The number of carbonyl (C=O) groups is 1. The van der Waals surface area contributed by atoms with Gasteiger partial charge in [0, 0.05) is 5.56 Å². The second kappa shape index (κ2) is 4.56. The molecule has 2 nitrogen and oxygen atoms in total. The van der Waals surface area contributed by atoms with Crippen molar-refractivity contribution in [3.8, 4) is 11.1 Å². The van der Waals surface area contributed by atoms with E-state index in [0.717, 1.165) is 6.07 Å². The average Bonchev–Trinajstić information content (AvgIpc) is 2.35. The molecular formula is C14H10F2O2. The van der Waals surface area contributed by atoms with Crippen LogP contribution in [0.1, 0.15) is 15.9 Å². The first-order valence-electron chi connectivity index (χ1n) is 5.29. The molecule has 0 bridgehead atoms. The average molecular weight is 248 g/mol. The molecule has 0 saturated heterocycles. The minimum absolute atomic E-state index is 0.0451. The third-order valence-corrected chi connectivity index (χ3v) is 2.71. The standard InChI is InChI=1S/C14H10F2O2/c1-8-6-7-11(15)12(13(8)16)9-4-2-3-5-10(9)14(17)18/h2-7H,1H3,(H,17,18). The zero-order chi connectivity index (χ0) is 13.3. The first-order valence-corrected chi connectivity index (χ1v) is 5.29. The van der Waals surface area contributed by atoms with Crippen LogP contribution in [0.4, 0.5) is 8.78 Å². The van der Waals surface area contributed by atoms with Crippen molar-refractivity contribution in [1.82, 2.24) is 0 Å². The van der Waals surface area contributed by atoms with Crippen LogP contribution in [0, 0.1) is 18.6 Å². The lowest BCUT2D eigenvalue weighted by molar-refractivity contribution is 0.0697. The molecular weight excluding hydrogens is 238 g/mol. The summed E-state index contributed by atoms with van der Waals surface area (Å²) in [4.78, 5) is 11.1. The molecule has 0 aliphatic carbocycles. The molecule has 4 heteroatoms. The highest BCUT2D eigenvalue weighted by Gasteiger charge is 2.18. The van der Waals surface area contributed by atoms with Crippen LogP contribution in [-0.2, 0) is 0 Å². The monoisotopic (exact) mass is 248 g/mol. The number of aromatic carboxylic acids is 1. The number of carboxylic acid groups (broad SMARTS) is 1. The summed E-state index contributed by atoms with van der Waals surface area (Å²) >= 11 is 0. The number of halogens is 2. The van der Waals surface area contributed by atoms with E-state index in [4.69, 9.17) is 5.11 Å². The van der Waals surface area contributed by atoms with Crippen molar-refractivity contribution < 1.29 is 18.7 Å². The topological polar surface area (TPSA) is 37.3 Å². The highest BCUT2D eigenvalue weighted by Crippen LogP contribution is 2.30. The summed E-state index contributed by atoms with van der Waals surface area (Å²) in [5.74, 6) is -2.72. The molecule has 0 fully saturated rings. The van der Waals surface area contributed by atoms with Crippen molar-refractivity contribution in [2.24, 2.45) is 0 Å². The number of carboxylic acids is 1. The highest BCUT2D eigenvalue weighted by atomic mass is 19.1. The van der Waals surface area contributed by atoms with Crippen molar-refractivity contribution in [2.75, 3.05) is 0 Å². The van der Waals surface area contributed by atoms with E-state index in [9.17, 15) is 13.6 Å². The fourth-order valence-corrected chi connectivity index (χ4v) is 1.79. The fraction of sp³-hybridized carbons (Fsp3) is 0.0714. The molecule has 0 spiro atoms. The summed E-state index contributed by atoms with van der Waals surface area (Å²) in [5.41, 5.74) is -0.107. The molecule has 0 unspecified atom stereocenters. The molecule has 0 radical (unpaired) electrons. The quantitative estimate of drug-likeness (QED) is 0.880. The molecule has 0 heterocycles. The van der Waals surface area contributed by atoms with Crippen molar-refractivity contribution in [1.29, 1.82) is 0 Å². The molecule has 2 rings (SSSR count). The first-order chi connectivity index (χ1) is 8.52. The maximum absolute atomic E-state index is 14.0. The lowest BCUT2D eigenvalue weighted by Crippen LogP contribution is -2.02. The third-order valence-electron chi connectivity index (χ3n) is 2.71. The largest absolute Gasteiger partial charge is 0.478 e. The smallest absolute Gasteiger partial charge is 0.336 e. The Morgan fingerprint density at radius 1 is 1.11 bits per heavy atom. The van der Waals surface area contributed by atoms with Crippen LogP contribution in [0.15, 0.2) is 36.4 Å². The maximum atomic E-state index is 14.0. The molecule has 2 aromatic rings. The van der Waals surface area contributed by atoms with Crippen LogP contribution < -0.4 is 0 Å². The second-order valence-electron chi connectivity index (χ2n) is 3.90. The van der Waals surface area contributed by atoms with Crippen LogP contribution in [0.25, 0.3) is 11.1 Å². The normalized spacial score (nSPS) is 10.4. The van der Waals surface area contributed by atoms with E-state index in [0.29, 0.717) is 0 Å². The van der Waals surface area contributed by atoms with Gasteiger partial charge in [-0.1, -0.05) is 24.3 Å². The summed E-state index contributed by atoms with van der Waals surface area (Å²) in [5, 5.41) is 9.03. The predicted molar refractivity (Wildman–Crippen MR) is 63.5 cm³/mol. The van der Waals surface area contributed by atoms with Gasteiger partial charge in [-0.15, -0.1) is 0 Å². The lowest BCUT2D eigenvalue weighted by Gasteiger charge is -2.10. The van der Waals surface area contributed by atoms with Gasteiger partial charge in [-0.25, -0.2) is 13.6 Å². The van der Waals surface area contributed by atoms with Gasteiger partial charge in [-0.05, 0) is 24.6 Å². The number of hydrogen-bond donors (Lipinski definition) is 1. The summed E-state index contributed by atoms with van der Waals surface area (Å²) in [6.45, 7) is 1.50. The zero-order valence-electron chi connectivity index (χ0n) is 9.58. The Balaban J connectivity index is 2.77. The SMILES string of the molecule is Cc1ccc(F)c(-c2ccccc2C(=O)O)c1F. The number of hydrogen-bond acceptors (Lipinski definition) is 1. The molecule has 0 aliphatic heterocycles. The predicted octanol–water partition coefficient (Wildman–Crippen LogP) is 3.64. The molecule has 1 N–H and O–H groups in total. The maximum Gasteiger partial charge on any atom is 0.336 e. The van der Waals surface area contributed by atoms with E-state index in [1.807, 2.05) is 0 Å². The zero-order valence-corrected chi connectivity index (χ0v) is 9.58. The molecule has 92 valence electrons. The summed E-state index contributed by atoms with van der Waals surface area (Å²) in [6, 6.07) is 8.22. The molecule has 0 atom stereocenters. The minimum atomic E-state index is -1.22. The van der Waals surface area contributed by atoms with Gasteiger partial charge in [-0.3, -0.25) is 0 Å². The Bertz CT molecular complexity index is 621. The van der Waals surface area contributed by atoms with Gasteiger partial charge in [0.1, 0.15) is 11.6 Å². The Morgan fingerprint density at radius 3 is 2.44 bits per heavy atom. The van der Waals surface area contributed by atoms with Gasteiger partial charge in [0.15, 0.2) is 0 Å². The van der Waals surface area contributed by atoms with Crippen LogP contribution in [0.3, 0.4) is 0 Å². The highest BCUT2D eigenvalue weighted by molar-refractivity contribution is 5.96. The molecule has 2 aromatic carbocycles. The fourth-order valence-electron chi connectivity index (χ4n) is 1.79. The van der Waals surface area contributed by atoms with Crippen LogP contribution in [0.2, 0.25) is 0 Å². The summed E-state index contributed by atoms with van der Waals surface area (Å²) < 4.78 is 27.7. The van der Waals surface area contributed by atoms with Gasteiger partial charge in [0.25, 0.3) is 0 Å². The van der Waals surface area contributed by atoms with Crippen molar-refractivity contribution in [3.63, 3.8) is 0 Å². The summed E-state index contributed by atoms with van der Waals surface area (Å²) in [6.07, 6.45) is 0. The van der Waals surface area contributed by atoms with Gasteiger partial charge in [0.05, 0.1) is 11.1 Å². The molecule has 0 aliphatic rings. The number of aryl methyl sites for hydroxylation is 1. The Labute approximate surface area is 103 Å². The van der Waals surface area contributed by atoms with Crippen molar-refractivity contribution in [3.05, 3.63) is 59.2 Å². The van der Waals surface area contributed by atoms with Gasteiger partial charge in [-0.2, -0.15) is 0 Å². The van der Waals surface area contributed by atoms with E-state index in [-0.39, 0.29) is 22.3 Å². The van der Waals surface area contributed by atoms with Gasteiger partial charge >= 0.3 is 5.97 Å². The Morgan fingerprint density at radius 2 is 1.78 bits per heavy atom. The molecule has 0 saturated carbocycles. The Hall–Kier alpha value is -2.23. The summed E-state index contributed by atoms with van der Waals surface area (Å²) in [7, 11) is 0. The van der Waals surface area contributed by atoms with E-state index in [1.54, 1.807) is 6.07 Å². The van der Waals surface area contributed by atoms with Gasteiger partial charge < -0.3 is 5.11 Å². The molecule has 0 aromatic heterocycles. The van der Waals surface area contributed by atoms with Crippen molar-refractivity contribution >= 4 is 5.97 Å². The van der Waals surface area contributed by atoms with Crippen molar-refractivity contribution in [2.45, 2.75) is 6.92 Å². The first kappa shape index (κ1) is 12.2. The van der Waals surface area contributed by atoms with Crippen LogP contribution in [0.5, 0.6) is 0 Å². The van der Waals surface area contributed by atoms with Gasteiger partial charge in [0.2, 0.25) is 0 Å². The molecule has 0 amide bonds. The minimum Gasteiger partial charge on any atom is -0.478 e. The number of benzene rings is 2. The molecule has 18 heavy (non-hydrogen) atoms. The van der Waals surface area contributed by atoms with E-state index in [2.05, 4.69) is 0 Å².